The first-order valence-corrected chi connectivity index (χ1v) is 10.8. The maximum atomic E-state index is 12.4. The van der Waals surface area contributed by atoms with Gasteiger partial charge >= 0.3 is 0 Å². The largest absolute Gasteiger partial charge is 0.483 e. The van der Waals surface area contributed by atoms with E-state index in [9.17, 15) is 9.59 Å². The van der Waals surface area contributed by atoms with Crippen molar-refractivity contribution in [3.8, 4) is 5.75 Å². The van der Waals surface area contributed by atoms with E-state index >= 15 is 0 Å². The Kier molecular flexibility index (Phi) is 6.62. The highest BCUT2D eigenvalue weighted by Gasteiger charge is 2.19. The van der Waals surface area contributed by atoms with Crippen LogP contribution in [0.3, 0.4) is 0 Å². The van der Waals surface area contributed by atoms with Gasteiger partial charge in [0.15, 0.2) is 6.61 Å². The topological polar surface area (TPSA) is 78.5 Å². The maximum Gasteiger partial charge on any atom is 0.260 e. The van der Waals surface area contributed by atoms with Gasteiger partial charge < -0.3 is 14.6 Å². The molecule has 1 amide bonds. The van der Waals surface area contributed by atoms with Crippen LogP contribution in [0.2, 0.25) is 0 Å². The van der Waals surface area contributed by atoms with Crippen LogP contribution >= 0.6 is 0 Å². The lowest BCUT2D eigenvalue weighted by atomic mass is 10.2. The Morgan fingerprint density at radius 2 is 1.84 bits per heavy atom. The summed E-state index contributed by atoms with van der Waals surface area (Å²) in [4.78, 5) is 36.3. The van der Waals surface area contributed by atoms with E-state index in [4.69, 9.17) is 4.74 Å². The summed E-state index contributed by atoms with van der Waals surface area (Å²) in [6.45, 7) is 5.69. The van der Waals surface area contributed by atoms with Gasteiger partial charge in [0.25, 0.3) is 11.5 Å². The molecule has 0 bridgehead atoms. The molecular formula is C24H28N4O3. The first-order valence-electron chi connectivity index (χ1n) is 10.8. The number of benzene rings is 2. The van der Waals surface area contributed by atoms with E-state index in [-0.39, 0.29) is 18.1 Å². The van der Waals surface area contributed by atoms with Gasteiger partial charge in [-0.15, -0.1) is 0 Å². The van der Waals surface area contributed by atoms with Crippen LogP contribution in [0.4, 0.5) is 0 Å². The Balaban J connectivity index is 1.45. The summed E-state index contributed by atoms with van der Waals surface area (Å²) >= 11 is 0. The predicted octanol–water partition coefficient (Wildman–Crippen LogP) is 2.95. The zero-order valence-corrected chi connectivity index (χ0v) is 17.8. The number of para-hydroxylation sites is 2. The van der Waals surface area contributed by atoms with Gasteiger partial charge in [-0.25, -0.2) is 4.98 Å². The fraction of sp³-hybridized carbons (Fsp3) is 0.375. The molecule has 7 nitrogen and oxygen atoms in total. The molecule has 4 rings (SSSR count). The molecule has 1 saturated heterocycles. The molecule has 1 fully saturated rings. The lowest BCUT2D eigenvalue weighted by molar-refractivity contribution is -0.132. The SMILES string of the molecule is CCN(Cc1nc2ccccc2c(=O)[nH]1)Cc1ccccc1OCC(=O)N1CCCC1. The highest BCUT2D eigenvalue weighted by atomic mass is 16.5. The third kappa shape index (κ3) is 5.11. The third-order valence-corrected chi connectivity index (χ3v) is 5.66. The van der Waals surface area contributed by atoms with Crippen LogP contribution in [-0.2, 0) is 17.9 Å². The molecule has 0 radical (unpaired) electrons. The van der Waals surface area contributed by atoms with Gasteiger partial charge in [-0.05, 0) is 37.6 Å². The van der Waals surface area contributed by atoms with Gasteiger partial charge in [0, 0.05) is 25.2 Å². The summed E-state index contributed by atoms with van der Waals surface area (Å²) in [6, 6.07) is 15.1. The summed E-state index contributed by atoms with van der Waals surface area (Å²) < 4.78 is 5.89. The Bertz CT molecular complexity index is 1110. The molecule has 0 spiro atoms. The molecule has 2 heterocycles. The summed E-state index contributed by atoms with van der Waals surface area (Å²) in [6.07, 6.45) is 2.14. The fourth-order valence-electron chi connectivity index (χ4n) is 3.91. The minimum Gasteiger partial charge on any atom is -0.483 e. The third-order valence-electron chi connectivity index (χ3n) is 5.66. The van der Waals surface area contributed by atoms with Crippen molar-refractivity contribution in [2.45, 2.75) is 32.9 Å². The fourth-order valence-corrected chi connectivity index (χ4v) is 3.91. The molecule has 162 valence electrons. The molecule has 0 aliphatic carbocycles. The van der Waals surface area contributed by atoms with E-state index < -0.39 is 0 Å². The zero-order valence-electron chi connectivity index (χ0n) is 17.8. The van der Waals surface area contributed by atoms with Crippen molar-refractivity contribution < 1.29 is 9.53 Å². The number of nitrogens with zero attached hydrogens (tertiary/aromatic N) is 3. The second-order valence-corrected chi connectivity index (χ2v) is 7.82. The van der Waals surface area contributed by atoms with Gasteiger partial charge in [-0.2, -0.15) is 0 Å². The smallest absolute Gasteiger partial charge is 0.260 e. The second-order valence-electron chi connectivity index (χ2n) is 7.82. The van der Waals surface area contributed by atoms with E-state index in [2.05, 4.69) is 21.8 Å². The van der Waals surface area contributed by atoms with Gasteiger partial charge in [-0.1, -0.05) is 37.3 Å². The van der Waals surface area contributed by atoms with Gasteiger partial charge in [0.05, 0.1) is 17.4 Å². The number of amides is 1. The standard InChI is InChI=1S/C24H28N4O3/c1-2-27(16-22-25-20-11-5-4-10-19(20)24(30)26-22)15-18-9-3-6-12-21(18)31-17-23(29)28-13-7-8-14-28/h3-6,9-12H,2,7-8,13-17H2,1H3,(H,25,26,30). The first-order chi connectivity index (χ1) is 15.1. The Morgan fingerprint density at radius 3 is 2.65 bits per heavy atom. The monoisotopic (exact) mass is 420 g/mol. The molecule has 0 atom stereocenters. The number of ether oxygens (including phenoxy) is 1. The average molecular weight is 421 g/mol. The Hall–Kier alpha value is -3.19. The van der Waals surface area contributed by atoms with Crippen LogP contribution in [0.1, 0.15) is 31.2 Å². The lowest BCUT2D eigenvalue weighted by Crippen LogP contribution is -2.32. The quantitative estimate of drug-likeness (QED) is 0.606. The highest BCUT2D eigenvalue weighted by Crippen LogP contribution is 2.21. The van der Waals surface area contributed by atoms with Crippen molar-refractivity contribution in [1.82, 2.24) is 19.8 Å². The average Bonchev–Trinajstić information content (AvgIpc) is 3.33. The Morgan fingerprint density at radius 1 is 1.10 bits per heavy atom. The van der Waals surface area contributed by atoms with Crippen molar-refractivity contribution in [2.75, 3.05) is 26.2 Å². The molecular weight excluding hydrogens is 392 g/mol. The molecule has 0 saturated carbocycles. The lowest BCUT2D eigenvalue weighted by Gasteiger charge is -2.22. The van der Waals surface area contributed by atoms with Gasteiger partial charge in [0.2, 0.25) is 0 Å². The van der Waals surface area contributed by atoms with Crippen molar-refractivity contribution in [2.24, 2.45) is 0 Å². The minimum absolute atomic E-state index is 0.0394. The summed E-state index contributed by atoms with van der Waals surface area (Å²) in [7, 11) is 0. The molecule has 0 unspecified atom stereocenters. The minimum atomic E-state index is -0.124. The van der Waals surface area contributed by atoms with Crippen molar-refractivity contribution >= 4 is 16.8 Å². The van der Waals surface area contributed by atoms with Crippen LogP contribution in [0.25, 0.3) is 10.9 Å². The normalized spacial score (nSPS) is 13.8. The van der Waals surface area contributed by atoms with E-state index in [1.165, 1.54) is 0 Å². The van der Waals surface area contributed by atoms with Crippen LogP contribution in [0, 0.1) is 0 Å². The van der Waals surface area contributed by atoms with E-state index in [1.54, 1.807) is 6.07 Å². The number of carbonyl (C=O) groups is 1. The number of hydrogen-bond donors (Lipinski definition) is 1. The van der Waals surface area contributed by atoms with E-state index in [0.717, 1.165) is 38.0 Å². The van der Waals surface area contributed by atoms with Gasteiger partial charge in [-0.3, -0.25) is 14.5 Å². The predicted molar refractivity (Wildman–Crippen MR) is 120 cm³/mol. The molecule has 7 heteroatoms. The number of likely N-dealkylation sites (tertiary alicyclic amines) is 1. The van der Waals surface area contributed by atoms with Crippen LogP contribution < -0.4 is 10.3 Å². The van der Waals surface area contributed by atoms with Gasteiger partial charge in [0.1, 0.15) is 11.6 Å². The number of aromatic amines is 1. The van der Waals surface area contributed by atoms with E-state index in [1.807, 2.05) is 47.4 Å². The number of fused-ring (bicyclic) bond motifs is 1. The molecule has 1 aliphatic rings. The molecule has 1 N–H and O–H groups in total. The number of H-pyrrole nitrogens is 1. The summed E-state index contributed by atoms with van der Waals surface area (Å²) in [5.74, 6) is 1.39. The second kappa shape index (κ2) is 9.75. The maximum absolute atomic E-state index is 12.4. The molecule has 1 aliphatic heterocycles. The molecule has 2 aromatic carbocycles. The molecule has 1 aromatic heterocycles. The Labute approximate surface area is 181 Å². The number of nitrogens with one attached hydrogen (secondary N) is 1. The number of aromatic nitrogens is 2. The van der Waals surface area contributed by atoms with E-state index in [0.29, 0.717) is 35.6 Å². The number of rotatable bonds is 8. The molecule has 3 aromatic rings. The van der Waals surface area contributed by atoms with Crippen molar-refractivity contribution in [3.05, 3.63) is 70.3 Å². The molecule has 31 heavy (non-hydrogen) atoms. The summed E-state index contributed by atoms with van der Waals surface area (Å²) in [5, 5.41) is 0.593. The summed E-state index contributed by atoms with van der Waals surface area (Å²) in [5.41, 5.74) is 1.57. The zero-order chi connectivity index (χ0) is 21.6. The number of hydrogen-bond acceptors (Lipinski definition) is 5. The van der Waals surface area contributed by atoms with Crippen molar-refractivity contribution in [3.63, 3.8) is 0 Å². The number of carbonyl (C=O) groups excluding carboxylic acids is 1. The van der Waals surface area contributed by atoms with Crippen LogP contribution in [-0.4, -0.2) is 51.9 Å². The van der Waals surface area contributed by atoms with Crippen LogP contribution in [0.5, 0.6) is 5.75 Å². The first kappa shape index (κ1) is 21.1. The highest BCUT2D eigenvalue weighted by molar-refractivity contribution is 5.78. The van der Waals surface area contributed by atoms with Crippen molar-refractivity contribution in [1.29, 1.82) is 0 Å². The van der Waals surface area contributed by atoms with Crippen LogP contribution in [0.15, 0.2) is 53.3 Å².